The van der Waals surface area contributed by atoms with Gasteiger partial charge in [0.25, 0.3) is 0 Å². The quantitative estimate of drug-likeness (QED) is 0.214. The summed E-state index contributed by atoms with van der Waals surface area (Å²) in [6, 6.07) is 0. The number of aliphatic hydroxyl groups excluding tert-OH is 5. The number of ether oxygens (including phenoxy) is 2. The molecule has 256 valence electrons. The van der Waals surface area contributed by atoms with E-state index in [2.05, 4.69) is 40.7 Å². The van der Waals surface area contributed by atoms with Gasteiger partial charge >= 0.3 is 5.97 Å². The summed E-state index contributed by atoms with van der Waals surface area (Å²) in [6.45, 7) is 14.7. The average molecular weight is 635 g/mol. The minimum atomic E-state index is -1.55. The molecule has 3 fully saturated rings. The van der Waals surface area contributed by atoms with Gasteiger partial charge in [0, 0.05) is 0 Å². The molecule has 1 unspecified atom stereocenters. The van der Waals surface area contributed by atoms with Crippen LogP contribution in [0.25, 0.3) is 0 Å². The molecule has 0 aromatic heterocycles. The van der Waals surface area contributed by atoms with Gasteiger partial charge in [0.1, 0.15) is 24.4 Å². The van der Waals surface area contributed by atoms with E-state index in [1.165, 1.54) is 16.7 Å². The van der Waals surface area contributed by atoms with Crippen LogP contribution in [0, 0.1) is 39.4 Å². The van der Waals surface area contributed by atoms with Crippen molar-refractivity contribution in [3.05, 3.63) is 22.8 Å². The lowest BCUT2D eigenvalue weighted by Gasteiger charge is -2.63. The van der Waals surface area contributed by atoms with Gasteiger partial charge in [-0.05, 0) is 111 Å². The zero-order chi connectivity index (χ0) is 33.3. The Kier molecular flexibility index (Phi) is 9.55. The van der Waals surface area contributed by atoms with Gasteiger partial charge in [-0.1, -0.05) is 51.8 Å². The topological polar surface area (TPSA) is 157 Å². The molecule has 6 N–H and O–H groups in total. The third-order valence-corrected chi connectivity index (χ3v) is 13.8. The van der Waals surface area contributed by atoms with Crippen LogP contribution in [0.1, 0.15) is 106 Å². The highest BCUT2D eigenvalue weighted by Crippen LogP contribution is 2.73. The normalized spacial score (nSPS) is 46.5. The molecule has 4 aliphatic carbocycles. The maximum atomic E-state index is 12.8. The predicted octanol–water partition coefficient (Wildman–Crippen LogP) is 4.34. The van der Waals surface area contributed by atoms with Crippen LogP contribution in [0.4, 0.5) is 0 Å². The Morgan fingerprint density at radius 1 is 1.00 bits per heavy atom. The van der Waals surface area contributed by atoms with Crippen molar-refractivity contribution in [2.75, 3.05) is 6.61 Å². The van der Waals surface area contributed by atoms with Crippen LogP contribution >= 0.6 is 0 Å². The Morgan fingerprint density at radius 3 is 2.31 bits per heavy atom. The number of fused-ring (bicyclic) bond motifs is 4. The molecule has 1 saturated heterocycles. The first kappa shape index (κ1) is 35.0. The molecule has 0 aromatic carbocycles. The predicted molar refractivity (Wildman–Crippen MR) is 169 cm³/mol. The Bertz CT molecular complexity index is 1190. The minimum Gasteiger partial charge on any atom is -0.481 e. The van der Waals surface area contributed by atoms with Gasteiger partial charge in [0.05, 0.1) is 24.7 Å². The fraction of sp³-hybridized carbons (Fsp3) is 0.861. The first-order chi connectivity index (χ1) is 20.9. The molecular formula is C36H58O9. The smallest absolute Gasteiger partial charge is 0.306 e. The number of hydrogen-bond acceptors (Lipinski definition) is 8. The SMILES string of the molecule is CC(C)=CCC[C@@H](C(=O)O)[C@H]1CC[C@@]2(C)C3=C(CC[C@]12C)[C@@]1(C)CC[C@H](O)C(C)(C)C1C[C@H]3O[C@@H]1O[C@H](CO)[C@@H](O)[C@H](O)[C@H]1O. The molecule has 9 heteroatoms. The van der Waals surface area contributed by atoms with Gasteiger partial charge in [-0.15, -0.1) is 0 Å². The van der Waals surface area contributed by atoms with Crippen molar-refractivity contribution >= 4 is 5.97 Å². The zero-order valence-corrected chi connectivity index (χ0v) is 28.3. The number of aliphatic hydroxyl groups is 5. The fourth-order valence-corrected chi connectivity index (χ4v) is 10.8. The van der Waals surface area contributed by atoms with Crippen molar-refractivity contribution in [3.63, 3.8) is 0 Å². The molecule has 1 heterocycles. The molecule has 45 heavy (non-hydrogen) atoms. The largest absolute Gasteiger partial charge is 0.481 e. The summed E-state index contributed by atoms with van der Waals surface area (Å²) < 4.78 is 12.6. The third-order valence-electron chi connectivity index (χ3n) is 13.8. The van der Waals surface area contributed by atoms with E-state index in [1.54, 1.807) is 0 Å². The number of carboxylic acid groups (broad SMARTS) is 1. The second-order valence-corrected chi connectivity index (χ2v) is 16.5. The zero-order valence-electron chi connectivity index (χ0n) is 28.3. The van der Waals surface area contributed by atoms with Crippen molar-refractivity contribution in [2.24, 2.45) is 39.4 Å². The van der Waals surface area contributed by atoms with E-state index in [0.29, 0.717) is 19.3 Å². The third kappa shape index (κ3) is 5.46. The van der Waals surface area contributed by atoms with E-state index >= 15 is 0 Å². The average Bonchev–Trinajstić information content (AvgIpc) is 3.24. The van der Waals surface area contributed by atoms with Gasteiger partial charge in [-0.3, -0.25) is 4.79 Å². The van der Waals surface area contributed by atoms with Gasteiger partial charge in [-0.2, -0.15) is 0 Å². The maximum Gasteiger partial charge on any atom is 0.306 e. The monoisotopic (exact) mass is 634 g/mol. The van der Waals surface area contributed by atoms with E-state index < -0.39 is 66.8 Å². The summed E-state index contributed by atoms with van der Waals surface area (Å²) in [6.07, 6.45) is 1.01. The maximum absolute atomic E-state index is 12.8. The first-order valence-corrected chi connectivity index (χ1v) is 17.2. The second kappa shape index (κ2) is 12.3. The van der Waals surface area contributed by atoms with E-state index in [1.807, 2.05) is 13.8 Å². The summed E-state index contributed by atoms with van der Waals surface area (Å²) in [4.78, 5) is 12.8. The van der Waals surface area contributed by atoms with Crippen molar-refractivity contribution < 1.29 is 44.9 Å². The molecule has 0 bridgehead atoms. The number of carbonyl (C=O) groups is 1. The Labute approximate surface area is 268 Å². The van der Waals surface area contributed by atoms with E-state index in [9.17, 15) is 35.4 Å². The molecule has 0 aromatic rings. The highest BCUT2D eigenvalue weighted by atomic mass is 16.7. The van der Waals surface area contributed by atoms with Crippen molar-refractivity contribution in [3.8, 4) is 0 Å². The van der Waals surface area contributed by atoms with Crippen molar-refractivity contribution in [1.82, 2.24) is 0 Å². The molecule has 9 nitrogen and oxygen atoms in total. The standard InChI is InChI=1S/C36H58O9/c1-19(2)9-8-10-20(31(42)43)21-11-16-36(7)27-22(12-15-35(21,36)6)34(5)14-13-26(38)33(3,4)25(34)17-23(27)44-32-30(41)29(40)28(39)24(18-37)45-32/h9,20-21,23-26,28-30,32,37-41H,8,10-18H2,1-7H3,(H,42,43)/t20-,21-,23-,24-,25?,26+,28-,29+,30-,32-,34-,35-,36+/m1/s1. The fourth-order valence-electron chi connectivity index (χ4n) is 10.8. The van der Waals surface area contributed by atoms with Crippen LogP contribution in [0.3, 0.4) is 0 Å². The number of aliphatic carboxylic acids is 1. The number of carboxylic acids is 1. The second-order valence-electron chi connectivity index (χ2n) is 16.5. The number of hydrogen-bond donors (Lipinski definition) is 6. The summed E-state index contributed by atoms with van der Waals surface area (Å²) in [5.41, 5.74) is 2.45. The van der Waals surface area contributed by atoms with Crippen molar-refractivity contribution in [1.29, 1.82) is 0 Å². The van der Waals surface area contributed by atoms with Crippen LogP contribution < -0.4 is 0 Å². The van der Waals surface area contributed by atoms with Gasteiger partial charge in [-0.25, -0.2) is 0 Å². The lowest BCUT2D eigenvalue weighted by Crippen LogP contribution is -2.62. The van der Waals surface area contributed by atoms with Crippen LogP contribution in [0.15, 0.2) is 22.8 Å². The molecular weight excluding hydrogens is 576 g/mol. The molecule has 5 aliphatic rings. The van der Waals surface area contributed by atoms with Crippen LogP contribution in [-0.4, -0.2) is 86.1 Å². The number of allylic oxidation sites excluding steroid dienone is 3. The highest BCUT2D eigenvalue weighted by Gasteiger charge is 2.66. The van der Waals surface area contributed by atoms with Crippen molar-refractivity contribution in [2.45, 2.75) is 149 Å². The summed E-state index contributed by atoms with van der Waals surface area (Å²) in [5, 5.41) is 63.6. The number of rotatable bonds is 8. The molecule has 13 atom stereocenters. The van der Waals surface area contributed by atoms with Gasteiger partial charge < -0.3 is 40.1 Å². The molecule has 2 saturated carbocycles. The van der Waals surface area contributed by atoms with Crippen LogP contribution in [0.2, 0.25) is 0 Å². The van der Waals surface area contributed by atoms with Crippen LogP contribution in [-0.2, 0) is 14.3 Å². The molecule has 5 rings (SSSR count). The van der Waals surface area contributed by atoms with Gasteiger partial charge in [0.2, 0.25) is 0 Å². The van der Waals surface area contributed by atoms with E-state index in [0.717, 1.165) is 38.5 Å². The summed E-state index contributed by atoms with van der Waals surface area (Å²) in [5.74, 6) is -1.14. The van der Waals surface area contributed by atoms with E-state index in [-0.39, 0.29) is 28.1 Å². The lowest BCUT2D eigenvalue weighted by atomic mass is 9.42. The van der Waals surface area contributed by atoms with Gasteiger partial charge in [0.15, 0.2) is 6.29 Å². The van der Waals surface area contributed by atoms with Crippen LogP contribution in [0.5, 0.6) is 0 Å². The summed E-state index contributed by atoms with van der Waals surface area (Å²) >= 11 is 0. The Hall–Kier alpha value is -1.33. The molecule has 0 radical (unpaired) electrons. The molecule has 0 spiro atoms. The lowest BCUT2D eigenvalue weighted by molar-refractivity contribution is -0.313. The minimum absolute atomic E-state index is 0.0114. The Balaban J connectivity index is 1.59. The molecule has 0 amide bonds. The summed E-state index contributed by atoms with van der Waals surface area (Å²) in [7, 11) is 0. The highest BCUT2D eigenvalue weighted by molar-refractivity contribution is 5.70. The first-order valence-electron chi connectivity index (χ1n) is 17.2. The Morgan fingerprint density at radius 2 is 1.69 bits per heavy atom. The van der Waals surface area contributed by atoms with E-state index in [4.69, 9.17) is 9.47 Å². The molecule has 1 aliphatic heterocycles.